The smallest absolute Gasteiger partial charge is 0.166 e. The van der Waals surface area contributed by atoms with Crippen LogP contribution in [0.2, 0.25) is 0 Å². The first-order valence-electron chi connectivity index (χ1n) is 5.32. The third-order valence-corrected chi connectivity index (χ3v) is 4.19. The number of hydrogen-bond donors (Lipinski definition) is 1. The van der Waals surface area contributed by atoms with Crippen molar-refractivity contribution >= 4 is 43.4 Å². The van der Waals surface area contributed by atoms with Gasteiger partial charge in [-0.1, -0.05) is 15.9 Å². The summed E-state index contributed by atoms with van der Waals surface area (Å²) in [5, 5.41) is 2.98. The highest BCUT2D eigenvalue weighted by Crippen LogP contribution is 2.27. The average Bonchev–Trinajstić information content (AvgIpc) is 2.29. The summed E-state index contributed by atoms with van der Waals surface area (Å²) in [5.41, 5.74) is 3.01. The van der Waals surface area contributed by atoms with Gasteiger partial charge >= 0.3 is 0 Å². The normalized spacial score (nSPS) is 10.5. The van der Waals surface area contributed by atoms with E-state index >= 15 is 0 Å². The second-order valence-corrected chi connectivity index (χ2v) is 5.74. The first-order valence-corrected chi connectivity index (χ1v) is 6.91. The van der Waals surface area contributed by atoms with Crippen LogP contribution in [0.4, 0.5) is 15.9 Å². The Morgan fingerprint density at radius 1 is 1.11 bits per heavy atom. The van der Waals surface area contributed by atoms with E-state index in [0.29, 0.717) is 4.47 Å². The quantitative estimate of drug-likeness (QED) is 0.791. The van der Waals surface area contributed by atoms with Crippen LogP contribution < -0.4 is 5.32 Å². The topological polar surface area (TPSA) is 24.9 Å². The zero-order valence-corrected chi connectivity index (χ0v) is 13.1. The number of halogens is 3. The Morgan fingerprint density at radius 2 is 1.72 bits per heavy atom. The molecule has 0 spiro atoms. The van der Waals surface area contributed by atoms with Crippen LogP contribution in [0.1, 0.15) is 11.1 Å². The molecule has 94 valence electrons. The average molecular weight is 374 g/mol. The van der Waals surface area contributed by atoms with E-state index in [1.807, 2.05) is 26.0 Å². The van der Waals surface area contributed by atoms with Crippen LogP contribution in [0, 0.1) is 19.7 Å². The van der Waals surface area contributed by atoms with E-state index in [1.165, 1.54) is 6.07 Å². The van der Waals surface area contributed by atoms with Gasteiger partial charge in [0.25, 0.3) is 0 Å². The van der Waals surface area contributed by atoms with Crippen LogP contribution in [-0.2, 0) is 0 Å². The van der Waals surface area contributed by atoms with Crippen molar-refractivity contribution in [1.82, 2.24) is 4.98 Å². The second-order valence-electron chi connectivity index (χ2n) is 4.03. The van der Waals surface area contributed by atoms with Crippen molar-refractivity contribution in [2.75, 3.05) is 5.32 Å². The molecule has 0 saturated carbocycles. The fourth-order valence-electron chi connectivity index (χ4n) is 1.66. The van der Waals surface area contributed by atoms with Crippen LogP contribution in [0.15, 0.2) is 33.3 Å². The van der Waals surface area contributed by atoms with E-state index in [2.05, 4.69) is 42.2 Å². The fraction of sp³-hybridized carbons (Fsp3) is 0.154. The van der Waals surface area contributed by atoms with E-state index in [9.17, 15) is 4.39 Å². The third-order valence-electron chi connectivity index (χ3n) is 2.51. The lowest BCUT2D eigenvalue weighted by molar-refractivity contribution is 0.625. The molecule has 0 aliphatic heterocycles. The summed E-state index contributed by atoms with van der Waals surface area (Å²) in [4.78, 5) is 4.01. The lowest BCUT2D eigenvalue weighted by Crippen LogP contribution is -1.98. The van der Waals surface area contributed by atoms with Gasteiger partial charge in [-0.05, 0) is 59.1 Å². The van der Waals surface area contributed by atoms with Crippen molar-refractivity contribution in [3.05, 3.63) is 50.3 Å². The summed E-state index contributed by atoms with van der Waals surface area (Å²) in [7, 11) is 0. The Kier molecular flexibility index (Phi) is 4.02. The standard InChI is InChI=1S/C13H11Br2FN2/c1-7-3-10(4-8(2)12(7)15)18-13-11(16)5-9(14)6-17-13/h3-6H,1-2H3,(H,17,18). The van der Waals surface area contributed by atoms with E-state index in [0.717, 1.165) is 21.3 Å². The Labute approximate surface area is 122 Å². The van der Waals surface area contributed by atoms with Gasteiger partial charge in [0, 0.05) is 20.8 Å². The number of hydrogen-bond acceptors (Lipinski definition) is 2. The monoisotopic (exact) mass is 372 g/mol. The second kappa shape index (κ2) is 5.36. The van der Waals surface area contributed by atoms with Crippen LogP contribution >= 0.6 is 31.9 Å². The zero-order chi connectivity index (χ0) is 13.3. The lowest BCUT2D eigenvalue weighted by Gasteiger charge is -2.10. The molecular formula is C13H11Br2FN2. The highest BCUT2D eigenvalue weighted by atomic mass is 79.9. The molecule has 0 bridgehead atoms. The predicted molar refractivity (Wildman–Crippen MR) is 78.8 cm³/mol. The number of nitrogens with one attached hydrogen (secondary N) is 1. The minimum absolute atomic E-state index is 0.222. The van der Waals surface area contributed by atoms with Gasteiger partial charge in [0.1, 0.15) is 0 Å². The van der Waals surface area contributed by atoms with E-state index in [4.69, 9.17) is 0 Å². The molecule has 1 N–H and O–H groups in total. The Bertz CT molecular complexity index is 577. The summed E-state index contributed by atoms with van der Waals surface area (Å²) in [6.07, 6.45) is 1.56. The molecule has 0 unspecified atom stereocenters. The van der Waals surface area contributed by atoms with Gasteiger partial charge in [-0.3, -0.25) is 0 Å². The highest BCUT2D eigenvalue weighted by molar-refractivity contribution is 9.10. The fourth-order valence-corrected chi connectivity index (χ4v) is 2.19. The molecule has 0 fully saturated rings. The molecule has 18 heavy (non-hydrogen) atoms. The van der Waals surface area contributed by atoms with Crippen LogP contribution in [0.5, 0.6) is 0 Å². The van der Waals surface area contributed by atoms with Gasteiger partial charge < -0.3 is 5.32 Å². The summed E-state index contributed by atoms with van der Waals surface area (Å²) in [6.45, 7) is 3.99. The number of rotatable bonds is 2. The van der Waals surface area contributed by atoms with E-state index in [1.54, 1.807) is 6.20 Å². The molecule has 1 aromatic carbocycles. The minimum Gasteiger partial charge on any atom is -0.338 e. The molecule has 2 rings (SSSR count). The van der Waals surface area contributed by atoms with Crippen molar-refractivity contribution in [1.29, 1.82) is 0 Å². The molecular weight excluding hydrogens is 363 g/mol. The van der Waals surface area contributed by atoms with Crippen molar-refractivity contribution in [2.24, 2.45) is 0 Å². The minimum atomic E-state index is -0.386. The molecule has 0 amide bonds. The van der Waals surface area contributed by atoms with Crippen molar-refractivity contribution < 1.29 is 4.39 Å². The van der Waals surface area contributed by atoms with Gasteiger partial charge in [0.15, 0.2) is 11.6 Å². The van der Waals surface area contributed by atoms with Crippen LogP contribution in [0.3, 0.4) is 0 Å². The molecule has 0 atom stereocenters. The molecule has 1 heterocycles. The van der Waals surface area contributed by atoms with Gasteiger partial charge in [0.2, 0.25) is 0 Å². The molecule has 0 aliphatic rings. The maximum atomic E-state index is 13.7. The van der Waals surface area contributed by atoms with Crippen molar-refractivity contribution in [3.63, 3.8) is 0 Å². The summed E-state index contributed by atoms with van der Waals surface area (Å²) in [5.74, 6) is -0.165. The van der Waals surface area contributed by atoms with Crippen molar-refractivity contribution in [2.45, 2.75) is 13.8 Å². The third kappa shape index (κ3) is 2.90. The lowest BCUT2D eigenvalue weighted by atomic mass is 10.1. The largest absolute Gasteiger partial charge is 0.338 e. The highest BCUT2D eigenvalue weighted by Gasteiger charge is 2.07. The van der Waals surface area contributed by atoms with Crippen molar-refractivity contribution in [3.8, 4) is 0 Å². The molecule has 0 saturated heterocycles. The Morgan fingerprint density at radius 3 is 2.28 bits per heavy atom. The number of benzene rings is 1. The van der Waals surface area contributed by atoms with Gasteiger partial charge in [0.05, 0.1) is 0 Å². The first kappa shape index (κ1) is 13.5. The van der Waals surface area contributed by atoms with Gasteiger partial charge in [-0.15, -0.1) is 0 Å². The molecule has 2 aromatic rings. The SMILES string of the molecule is Cc1cc(Nc2ncc(Br)cc2F)cc(C)c1Br. The Balaban J connectivity index is 2.34. The zero-order valence-electron chi connectivity index (χ0n) is 9.89. The van der Waals surface area contributed by atoms with Crippen LogP contribution in [0.25, 0.3) is 0 Å². The number of pyridine rings is 1. The first-order chi connectivity index (χ1) is 8.47. The van der Waals surface area contributed by atoms with E-state index < -0.39 is 0 Å². The number of nitrogens with zero attached hydrogens (tertiary/aromatic N) is 1. The molecule has 2 nitrogen and oxygen atoms in total. The van der Waals surface area contributed by atoms with Gasteiger partial charge in [-0.25, -0.2) is 9.37 Å². The summed E-state index contributed by atoms with van der Waals surface area (Å²) >= 11 is 6.68. The maximum absolute atomic E-state index is 13.7. The summed E-state index contributed by atoms with van der Waals surface area (Å²) < 4.78 is 15.3. The molecule has 0 radical (unpaired) electrons. The summed E-state index contributed by atoms with van der Waals surface area (Å²) in [6, 6.07) is 5.27. The number of aryl methyl sites for hydroxylation is 2. The maximum Gasteiger partial charge on any atom is 0.166 e. The molecule has 5 heteroatoms. The molecule has 0 aliphatic carbocycles. The predicted octanol–water partition coefficient (Wildman–Crippen LogP) is 5.11. The Hall–Kier alpha value is -0.940. The van der Waals surface area contributed by atoms with Gasteiger partial charge in [-0.2, -0.15) is 0 Å². The number of anilines is 2. The number of aromatic nitrogens is 1. The van der Waals surface area contributed by atoms with E-state index in [-0.39, 0.29) is 11.6 Å². The molecule has 1 aromatic heterocycles. The van der Waals surface area contributed by atoms with Crippen LogP contribution in [-0.4, -0.2) is 4.98 Å².